The Balaban J connectivity index is 3.41. The Hall–Kier alpha value is -4.32. The van der Waals surface area contributed by atoms with Crippen LogP contribution in [0.4, 0.5) is 11.6 Å². The highest BCUT2D eigenvalue weighted by atomic mass is 16.4. The quantitative estimate of drug-likeness (QED) is 0.157. The maximum absolute atomic E-state index is 12.3. The number of nitrogen functional groups attached to an aromatic ring is 2. The number of carboxylic acid groups (broad SMARTS) is 2. The molecule has 0 fully saturated rings. The summed E-state index contributed by atoms with van der Waals surface area (Å²) in [6.45, 7) is -2.41. The summed E-state index contributed by atoms with van der Waals surface area (Å²) in [5.74, 6) is -8.48. The molecule has 0 unspecified atom stereocenters. The number of aliphatic hydroxyl groups excluding tert-OH is 2. The first-order valence-corrected chi connectivity index (χ1v) is 7.49. The molecule has 0 aliphatic carbocycles. The largest absolute Gasteiger partial charge is 0.480 e. The molecule has 1 heterocycles. The van der Waals surface area contributed by atoms with Crippen molar-refractivity contribution in [1.82, 2.24) is 20.0 Å². The van der Waals surface area contributed by atoms with Gasteiger partial charge in [0.05, 0.1) is 23.8 Å². The number of carbonyl (C=O) groups excluding carboxylic acids is 2. The topological polar surface area (TPSA) is 292 Å². The van der Waals surface area contributed by atoms with Crippen molar-refractivity contribution in [3.8, 4) is 0 Å². The molecule has 0 saturated carbocycles. The van der Waals surface area contributed by atoms with Crippen LogP contribution in [0, 0.1) is 9.81 Å². The highest BCUT2D eigenvalue weighted by molar-refractivity contribution is 6.02. The number of anilines is 2. The van der Waals surface area contributed by atoms with Gasteiger partial charge < -0.3 is 31.9 Å². The number of carboxylic acids is 2. The van der Waals surface area contributed by atoms with Crippen LogP contribution in [0.1, 0.15) is 21.0 Å². The highest BCUT2D eigenvalue weighted by Gasteiger charge is 2.36. The van der Waals surface area contributed by atoms with Gasteiger partial charge in [0.15, 0.2) is 35.1 Å². The number of nitrogens with zero attached hydrogens (tertiary/aromatic N) is 6. The Morgan fingerprint density at radius 3 is 1.30 bits per heavy atom. The molecule has 18 nitrogen and oxygen atoms in total. The molecule has 0 aliphatic heterocycles. The van der Waals surface area contributed by atoms with Crippen molar-refractivity contribution in [3.05, 3.63) is 21.2 Å². The number of aliphatic carboxylic acids is 2. The number of rotatable bonds is 10. The third-order valence-corrected chi connectivity index (χ3v) is 3.45. The fourth-order valence-electron chi connectivity index (χ4n) is 1.98. The van der Waals surface area contributed by atoms with Crippen LogP contribution in [0.3, 0.4) is 0 Å². The molecule has 1 rings (SSSR count). The first-order chi connectivity index (χ1) is 14.0. The van der Waals surface area contributed by atoms with Gasteiger partial charge in [0.25, 0.3) is 11.8 Å². The number of nitrogens with two attached hydrogens (primary N) is 2. The van der Waals surface area contributed by atoms with Crippen molar-refractivity contribution < 1.29 is 39.6 Å². The minimum Gasteiger partial charge on any atom is -0.480 e. The molecule has 0 saturated heterocycles. The Labute approximate surface area is 164 Å². The minimum absolute atomic E-state index is 0.213. The first kappa shape index (κ1) is 23.7. The van der Waals surface area contributed by atoms with Gasteiger partial charge in [-0.15, -0.1) is 9.81 Å². The second kappa shape index (κ2) is 9.75. The number of aliphatic hydroxyl groups is 2. The standard InChI is InChI=1S/C12H14N8O10/c13-7-5(9(23)19(17-29)3(1-21)11(25)26)15-8(14)6(16-7)10(24)20(18-30)4(2-22)12(27)28/h3-4,21-22H,1-2H2,(H2,14,15)(H2,13,16)(H,25,26)(H,27,28)/t3-,4-/m1/s1. The van der Waals surface area contributed by atoms with E-state index in [0.29, 0.717) is 0 Å². The molecule has 30 heavy (non-hydrogen) atoms. The van der Waals surface area contributed by atoms with Crippen LogP contribution >= 0.6 is 0 Å². The number of aromatic nitrogens is 2. The molecule has 2 atom stereocenters. The summed E-state index contributed by atoms with van der Waals surface area (Å²) in [6.07, 6.45) is 0. The van der Waals surface area contributed by atoms with E-state index in [1.165, 1.54) is 0 Å². The zero-order valence-electron chi connectivity index (χ0n) is 14.6. The molecular weight excluding hydrogens is 416 g/mol. The smallest absolute Gasteiger partial charge is 0.331 e. The third kappa shape index (κ3) is 4.56. The van der Waals surface area contributed by atoms with Crippen LogP contribution in [-0.2, 0) is 9.59 Å². The summed E-state index contributed by atoms with van der Waals surface area (Å²) >= 11 is 0. The van der Waals surface area contributed by atoms with Gasteiger partial charge in [0.1, 0.15) is 0 Å². The number of nitroso groups, excluding NO2 is 2. The van der Waals surface area contributed by atoms with Crippen LogP contribution in [-0.4, -0.2) is 89.5 Å². The van der Waals surface area contributed by atoms with Crippen LogP contribution in [0.25, 0.3) is 0 Å². The lowest BCUT2D eigenvalue weighted by Crippen LogP contribution is -2.45. The zero-order valence-corrected chi connectivity index (χ0v) is 14.6. The zero-order chi connectivity index (χ0) is 23.2. The minimum atomic E-state index is -2.10. The Morgan fingerprint density at radius 2 is 1.10 bits per heavy atom. The molecular formula is C12H14N8O10. The van der Waals surface area contributed by atoms with E-state index in [-0.39, 0.29) is 10.0 Å². The normalized spacial score (nSPS) is 12.3. The average molecular weight is 430 g/mol. The van der Waals surface area contributed by atoms with Crippen molar-refractivity contribution in [2.75, 3.05) is 24.7 Å². The molecule has 0 radical (unpaired) electrons. The molecule has 0 aromatic carbocycles. The van der Waals surface area contributed by atoms with Gasteiger partial charge >= 0.3 is 11.9 Å². The number of hydrogen-bond acceptors (Lipinski definition) is 14. The summed E-state index contributed by atoms with van der Waals surface area (Å²) in [5, 5.41) is 39.8. The second-order valence-corrected chi connectivity index (χ2v) is 5.23. The van der Waals surface area contributed by atoms with E-state index < -0.39 is 72.1 Å². The lowest BCUT2D eigenvalue weighted by Gasteiger charge is -2.21. The molecule has 0 spiro atoms. The molecule has 8 N–H and O–H groups in total. The van der Waals surface area contributed by atoms with Gasteiger partial charge in [-0.2, -0.15) is 10.0 Å². The summed E-state index contributed by atoms with van der Waals surface area (Å²) < 4.78 is 0. The molecule has 0 bridgehead atoms. The van der Waals surface area contributed by atoms with E-state index in [4.69, 9.17) is 31.9 Å². The predicted octanol–water partition coefficient (Wildman–Crippen LogP) is -3.22. The fourth-order valence-corrected chi connectivity index (χ4v) is 1.98. The van der Waals surface area contributed by atoms with E-state index in [0.717, 1.165) is 0 Å². The van der Waals surface area contributed by atoms with Crippen molar-refractivity contribution in [2.45, 2.75) is 12.1 Å². The monoisotopic (exact) mass is 430 g/mol. The van der Waals surface area contributed by atoms with Gasteiger partial charge in [-0.25, -0.2) is 19.6 Å². The van der Waals surface area contributed by atoms with Gasteiger partial charge in [-0.1, -0.05) is 0 Å². The molecule has 162 valence electrons. The Morgan fingerprint density at radius 1 is 0.800 bits per heavy atom. The second-order valence-electron chi connectivity index (χ2n) is 5.23. The van der Waals surface area contributed by atoms with E-state index in [2.05, 4.69) is 20.5 Å². The van der Waals surface area contributed by atoms with Crippen LogP contribution in [0.5, 0.6) is 0 Å². The number of hydrogen-bond donors (Lipinski definition) is 6. The maximum atomic E-state index is 12.3. The van der Waals surface area contributed by atoms with Crippen LogP contribution in [0.2, 0.25) is 0 Å². The predicted molar refractivity (Wildman–Crippen MR) is 91.8 cm³/mol. The number of carbonyl (C=O) groups is 4. The van der Waals surface area contributed by atoms with Gasteiger partial charge in [0.2, 0.25) is 0 Å². The first-order valence-electron chi connectivity index (χ1n) is 7.49. The van der Waals surface area contributed by atoms with E-state index >= 15 is 0 Å². The van der Waals surface area contributed by atoms with Gasteiger partial charge in [-0.05, 0) is 0 Å². The van der Waals surface area contributed by atoms with E-state index in [1.807, 2.05) is 0 Å². The molecule has 18 heteroatoms. The average Bonchev–Trinajstić information content (AvgIpc) is 2.69. The lowest BCUT2D eigenvalue weighted by molar-refractivity contribution is -0.144. The van der Waals surface area contributed by atoms with E-state index in [9.17, 15) is 29.0 Å². The molecule has 2 amide bonds. The lowest BCUT2D eigenvalue weighted by atomic mass is 10.2. The van der Waals surface area contributed by atoms with Crippen molar-refractivity contribution in [2.24, 2.45) is 10.6 Å². The summed E-state index contributed by atoms with van der Waals surface area (Å²) in [5.41, 5.74) is 9.07. The van der Waals surface area contributed by atoms with Gasteiger partial charge in [0, 0.05) is 0 Å². The fraction of sp³-hybridized carbons (Fsp3) is 0.333. The summed E-state index contributed by atoms with van der Waals surface area (Å²) in [4.78, 5) is 75.2. The van der Waals surface area contributed by atoms with Crippen molar-refractivity contribution >= 4 is 35.4 Å². The molecule has 1 aromatic heterocycles. The maximum Gasteiger partial charge on any atom is 0.331 e. The summed E-state index contributed by atoms with van der Waals surface area (Å²) in [6, 6.07) is -4.20. The van der Waals surface area contributed by atoms with Crippen LogP contribution < -0.4 is 11.5 Å². The summed E-state index contributed by atoms with van der Waals surface area (Å²) in [7, 11) is 0. The molecule has 0 aliphatic rings. The van der Waals surface area contributed by atoms with E-state index in [1.54, 1.807) is 0 Å². The number of amides is 2. The third-order valence-electron chi connectivity index (χ3n) is 3.45. The van der Waals surface area contributed by atoms with Crippen molar-refractivity contribution in [1.29, 1.82) is 0 Å². The van der Waals surface area contributed by atoms with Gasteiger partial charge in [-0.3, -0.25) is 9.59 Å². The molecule has 1 aromatic rings. The highest BCUT2D eigenvalue weighted by Crippen LogP contribution is 2.19. The SMILES string of the molecule is Nc1nc(C(=O)N(N=O)[C@H](CO)C(=O)O)c(N)nc1C(=O)N(N=O)[C@H](CO)C(=O)O. The van der Waals surface area contributed by atoms with Crippen molar-refractivity contribution in [3.63, 3.8) is 0 Å². The van der Waals surface area contributed by atoms with Crippen LogP contribution in [0.15, 0.2) is 10.6 Å². The Kier molecular flexibility index (Phi) is 7.71. The Bertz CT molecular complexity index is 820.